The van der Waals surface area contributed by atoms with Crippen LogP contribution in [0.4, 0.5) is 0 Å². The highest BCUT2D eigenvalue weighted by Gasteiger charge is 1.92. The van der Waals surface area contributed by atoms with Gasteiger partial charge in [0, 0.05) is 25.8 Å². The molecule has 1 N–H and O–H groups in total. The fraction of sp³-hybridized carbons (Fsp3) is 0.667. The highest BCUT2D eigenvalue weighted by Crippen LogP contribution is 1.85. The Kier molecular flexibility index (Phi) is 7.90. The minimum atomic E-state index is 0.685. The zero-order chi connectivity index (χ0) is 12.2. The van der Waals surface area contributed by atoms with Crippen LogP contribution in [0.3, 0.4) is 0 Å². The molecule has 1 aromatic rings. The minimum absolute atomic E-state index is 0.685. The number of hydrogen-bond acceptors (Lipinski definition) is 4. The molecule has 5 heteroatoms. The largest absolute Gasteiger partial charge is 0.379 e. The lowest BCUT2D eigenvalue weighted by atomic mass is 10.4. The predicted octanol–water partition coefficient (Wildman–Crippen LogP) is 0.688. The predicted molar refractivity (Wildman–Crippen MR) is 66.4 cm³/mol. The Bertz CT molecular complexity index is 326. The fourth-order valence-electron chi connectivity index (χ4n) is 1.31. The van der Waals surface area contributed by atoms with Gasteiger partial charge in [0.15, 0.2) is 0 Å². The van der Waals surface area contributed by atoms with Gasteiger partial charge < -0.3 is 10.1 Å². The Morgan fingerprint density at radius 2 is 2.29 bits per heavy atom. The fourth-order valence-corrected chi connectivity index (χ4v) is 1.31. The molecule has 0 bridgehead atoms. The van der Waals surface area contributed by atoms with E-state index in [0.29, 0.717) is 6.61 Å². The molecule has 0 aliphatic rings. The average Bonchev–Trinajstić information content (AvgIpc) is 2.85. The molecule has 0 saturated heterocycles. The van der Waals surface area contributed by atoms with Crippen molar-refractivity contribution < 1.29 is 4.74 Å². The van der Waals surface area contributed by atoms with E-state index in [1.165, 1.54) is 0 Å². The molecule has 0 aliphatic carbocycles. The van der Waals surface area contributed by atoms with Gasteiger partial charge in [-0.1, -0.05) is 5.21 Å². The maximum absolute atomic E-state index is 5.48. The lowest BCUT2D eigenvalue weighted by Crippen LogP contribution is -2.18. The summed E-state index contributed by atoms with van der Waals surface area (Å²) in [5, 5.41) is 10.9. The standard InChI is InChI=1S/C12H20N4O/c1-2-3-4-6-13-7-5-11-17-12-10-16-9-8-14-15-16/h8-9,13H,4-7,10-12H2,1H3. The van der Waals surface area contributed by atoms with Crippen LogP contribution >= 0.6 is 0 Å². The molecule has 0 atom stereocenters. The second kappa shape index (κ2) is 9.82. The zero-order valence-electron chi connectivity index (χ0n) is 10.4. The molecule has 0 amide bonds. The molecule has 5 nitrogen and oxygen atoms in total. The lowest BCUT2D eigenvalue weighted by Gasteiger charge is -2.04. The number of nitrogens with one attached hydrogen (secondary N) is 1. The number of hydrogen-bond donors (Lipinski definition) is 1. The molecule has 1 heterocycles. The van der Waals surface area contributed by atoms with E-state index in [0.717, 1.165) is 39.1 Å². The van der Waals surface area contributed by atoms with E-state index in [1.807, 2.05) is 13.1 Å². The van der Waals surface area contributed by atoms with Crippen molar-refractivity contribution in [1.82, 2.24) is 20.3 Å². The maximum atomic E-state index is 5.48. The van der Waals surface area contributed by atoms with Crippen molar-refractivity contribution >= 4 is 0 Å². The Morgan fingerprint density at radius 1 is 1.35 bits per heavy atom. The van der Waals surface area contributed by atoms with Crippen LogP contribution in [0.15, 0.2) is 12.4 Å². The lowest BCUT2D eigenvalue weighted by molar-refractivity contribution is 0.121. The molecule has 0 aliphatic heterocycles. The summed E-state index contributed by atoms with van der Waals surface area (Å²) in [6, 6.07) is 0. The van der Waals surface area contributed by atoms with E-state index >= 15 is 0 Å². The van der Waals surface area contributed by atoms with Crippen molar-refractivity contribution in [2.45, 2.75) is 26.3 Å². The van der Waals surface area contributed by atoms with Crippen molar-refractivity contribution in [2.75, 3.05) is 26.3 Å². The van der Waals surface area contributed by atoms with E-state index < -0.39 is 0 Å². The van der Waals surface area contributed by atoms with Crippen molar-refractivity contribution in [1.29, 1.82) is 0 Å². The Balaban J connectivity index is 1.79. The number of ether oxygens (including phenoxy) is 1. The van der Waals surface area contributed by atoms with Gasteiger partial charge in [0.25, 0.3) is 0 Å². The van der Waals surface area contributed by atoms with E-state index in [4.69, 9.17) is 4.74 Å². The molecule has 0 fully saturated rings. The SMILES string of the molecule is CC#CCCNCCCOCCn1ccnn1. The molecule has 0 saturated carbocycles. The van der Waals surface area contributed by atoms with Crippen LogP contribution < -0.4 is 5.32 Å². The molecule has 1 rings (SSSR count). The summed E-state index contributed by atoms with van der Waals surface area (Å²) in [5.41, 5.74) is 0. The van der Waals surface area contributed by atoms with E-state index in [-0.39, 0.29) is 0 Å². The highest BCUT2D eigenvalue weighted by atomic mass is 16.5. The van der Waals surface area contributed by atoms with Crippen molar-refractivity contribution in [3.63, 3.8) is 0 Å². The number of nitrogens with zero attached hydrogens (tertiary/aromatic N) is 3. The van der Waals surface area contributed by atoms with E-state index in [2.05, 4.69) is 27.5 Å². The van der Waals surface area contributed by atoms with Crippen LogP contribution in [0, 0.1) is 11.8 Å². The molecule has 0 spiro atoms. The first-order chi connectivity index (χ1) is 8.43. The summed E-state index contributed by atoms with van der Waals surface area (Å²) < 4.78 is 7.24. The third-order valence-corrected chi connectivity index (χ3v) is 2.18. The Labute approximate surface area is 103 Å². The summed E-state index contributed by atoms with van der Waals surface area (Å²) in [6.07, 6.45) is 5.45. The van der Waals surface area contributed by atoms with Gasteiger partial charge in [0.2, 0.25) is 0 Å². The summed E-state index contributed by atoms with van der Waals surface area (Å²) in [7, 11) is 0. The van der Waals surface area contributed by atoms with Crippen LogP contribution in [0.25, 0.3) is 0 Å². The van der Waals surface area contributed by atoms with Crippen LogP contribution in [0.1, 0.15) is 19.8 Å². The van der Waals surface area contributed by atoms with Gasteiger partial charge in [0.1, 0.15) is 0 Å². The van der Waals surface area contributed by atoms with Crippen LogP contribution in [0.2, 0.25) is 0 Å². The molecule has 94 valence electrons. The molecule has 0 unspecified atom stereocenters. The molecule has 0 radical (unpaired) electrons. The summed E-state index contributed by atoms with van der Waals surface area (Å²) in [6.45, 7) is 6.03. The van der Waals surface area contributed by atoms with Gasteiger partial charge in [-0.3, -0.25) is 4.68 Å². The topological polar surface area (TPSA) is 52.0 Å². The van der Waals surface area contributed by atoms with Gasteiger partial charge in [-0.25, -0.2) is 0 Å². The normalized spacial score (nSPS) is 9.94. The third-order valence-electron chi connectivity index (χ3n) is 2.18. The zero-order valence-corrected chi connectivity index (χ0v) is 10.4. The van der Waals surface area contributed by atoms with Gasteiger partial charge in [-0.15, -0.1) is 16.9 Å². The quantitative estimate of drug-likeness (QED) is 0.506. The first-order valence-electron chi connectivity index (χ1n) is 5.95. The van der Waals surface area contributed by atoms with Crippen LogP contribution in [-0.2, 0) is 11.3 Å². The summed E-state index contributed by atoms with van der Waals surface area (Å²) >= 11 is 0. The monoisotopic (exact) mass is 236 g/mol. The van der Waals surface area contributed by atoms with E-state index in [1.54, 1.807) is 10.9 Å². The highest BCUT2D eigenvalue weighted by molar-refractivity contribution is 4.94. The van der Waals surface area contributed by atoms with Crippen LogP contribution in [-0.4, -0.2) is 41.3 Å². The molecule has 0 aromatic carbocycles. The molecule has 17 heavy (non-hydrogen) atoms. The number of aromatic nitrogens is 3. The van der Waals surface area contributed by atoms with Gasteiger partial charge in [-0.05, 0) is 19.9 Å². The summed E-state index contributed by atoms with van der Waals surface area (Å²) in [4.78, 5) is 0. The third kappa shape index (κ3) is 7.50. The van der Waals surface area contributed by atoms with Crippen molar-refractivity contribution in [3.8, 4) is 11.8 Å². The molecular weight excluding hydrogens is 216 g/mol. The smallest absolute Gasteiger partial charge is 0.0692 e. The average molecular weight is 236 g/mol. The minimum Gasteiger partial charge on any atom is -0.379 e. The maximum Gasteiger partial charge on any atom is 0.0692 e. The number of rotatable bonds is 9. The Hall–Kier alpha value is -1.38. The second-order valence-electron chi connectivity index (χ2n) is 3.56. The Morgan fingerprint density at radius 3 is 3.06 bits per heavy atom. The molecular formula is C12H20N4O. The first-order valence-corrected chi connectivity index (χ1v) is 5.95. The summed E-state index contributed by atoms with van der Waals surface area (Å²) in [5.74, 6) is 5.89. The van der Waals surface area contributed by atoms with E-state index in [9.17, 15) is 0 Å². The van der Waals surface area contributed by atoms with Crippen LogP contribution in [0.5, 0.6) is 0 Å². The van der Waals surface area contributed by atoms with Gasteiger partial charge >= 0.3 is 0 Å². The van der Waals surface area contributed by atoms with Gasteiger partial charge in [0.05, 0.1) is 19.3 Å². The second-order valence-corrected chi connectivity index (χ2v) is 3.56. The van der Waals surface area contributed by atoms with Crippen molar-refractivity contribution in [2.24, 2.45) is 0 Å². The van der Waals surface area contributed by atoms with Gasteiger partial charge in [-0.2, -0.15) is 0 Å². The first kappa shape index (κ1) is 13.7. The van der Waals surface area contributed by atoms with Crippen molar-refractivity contribution in [3.05, 3.63) is 12.4 Å². The molecule has 1 aromatic heterocycles.